The lowest BCUT2D eigenvalue weighted by Gasteiger charge is -2.13. The first-order valence-corrected chi connectivity index (χ1v) is 8.50. The van der Waals surface area contributed by atoms with Gasteiger partial charge in [0.1, 0.15) is 0 Å². The molecular formula is C18H22N4O3. The lowest BCUT2D eigenvalue weighted by atomic mass is 10.1. The minimum atomic E-state index is -0.295. The molecule has 25 heavy (non-hydrogen) atoms. The molecule has 1 atom stereocenters. The number of anilines is 1. The topological polar surface area (TPSA) is 88.3 Å². The van der Waals surface area contributed by atoms with E-state index in [0.29, 0.717) is 30.5 Å². The van der Waals surface area contributed by atoms with Crippen LogP contribution < -0.4 is 5.32 Å². The molecule has 1 aliphatic heterocycles. The zero-order valence-electron chi connectivity index (χ0n) is 14.7. The number of carbonyl (C=O) groups excluding carboxylic acids is 2. The van der Waals surface area contributed by atoms with Gasteiger partial charge in [0, 0.05) is 36.7 Å². The van der Waals surface area contributed by atoms with Crippen LogP contribution in [0.1, 0.15) is 38.9 Å². The van der Waals surface area contributed by atoms with Gasteiger partial charge < -0.3 is 14.7 Å². The Hall–Kier alpha value is -2.70. The normalized spacial score (nSPS) is 17.4. The molecule has 0 aliphatic carbocycles. The van der Waals surface area contributed by atoms with E-state index in [0.717, 1.165) is 5.56 Å². The number of nitrogens with zero attached hydrogens (tertiary/aromatic N) is 3. The van der Waals surface area contributed by atoms with Crippen LogP contribution in [0.15, 0.2) is 28.8 Å². The number of amides is 2. The fourth-order valence-electron chi connectivity index (χ4n) is 2.78. The molecular weight excluding hydrogens is 320 g/mol. The summed E-state index contributed by atoms with van der Waals surface area (Å²) in [6.45, 7) is 7.04. The zero-order valence-corrected chi connectivity index (χ0v) is 14.7. The van der Waals surface area contributed by atoms with Crippen LogP contribution in [0.2, 0.25) is 0 Å². The SMILES string of the molecule is CCN1C[C@@H](C(=O)Nc2ccc(-c3nc(C(C)C)no3)cc2)CC1=O. The predicted molar refractivity (Wildman–Crippen MR) is 92.8 cm³/mol. The van der Waals surface area contributed by atoms with Crippen LogP contribution in [0.4, 0.5) is 5.69 Å². The average molecular weight is 342 g/mol. The molecule has 2 aromatic rings. The molecule has 7 nitrogen and oxygen atoms in total. The number of aromatic nitrogens is 2. The van der Waals surface area contributed by atoms with E-state index < -0.39 is 0 Å². The van der Waals surface area contributed by atoms with Gasteiger partial charge in [0.25, 0.3) is 5.89 Å². The Morgan fingerprint density at radius 2 is 2.08 bits per heavy atom. The Morgan fingerprint density at radius 1 is 1.36 bits per heavy atom. The third-order valence-electron chi connectivity index (χ3n) is 4.32. The smallest absolute Gasteiger partial charge is 0.257 e. The Labute approximate surface area is 146 Å². The number of hydrogen-bond donors (Lipinski definition) is 1. The number of carbonyl (C=O) groups is 2. The van der Waals surface area contributed by atoms with E-state index in [1.165, 1.54) is 0 Å². The first-order valence-electron chi connectivity index (χ1n) is 8.50. The Morgan fingerprint density at radius 3 is 2.64 bits per heavy atom. The van der Waals surface area contributed by atoms with Crippen molar-refractivity contribution in [1.29, 1.82) is 0 Å². The maximum absolute atomic E-state index is 12.3. The van der Waals surface area contributed by atoms with E-state index in [4.69, 9.17) is 4.52 Å². The highest BCUT2D eigenvalue weighted by Gasteiger charge is 2.33. The second-order valence-corrected chi connectivity index (χ2v) is 6.51. The van der Waals surface area contributed by atoms with Gasteiger partial charge in [0.15, 0.2) is 5.82 Å². The third-order valence-corrected chi connectivity index (χ3v) is 4.32. The van der Waals surface area contributed by atoms with Crippen LogP contribution >= 0.6 is 0 Å². The number of nitrogens with one attached hydrogen (secondary N) is 1. The molecule has 2 heterocycles. The molecule has 7 heteroatoms. The van der Waals surface area contributed by atoms with Gasteiger partial charge in [-0.25, -0.2) is 0 Å². The molecule has 3 rings (SSSR count). The fourth-order valence-corrected chi connectivity index (χ4v) is 2.78. The van der Waals surface area contributed by atoms with Crippen molar-refractivity contribution in [3.05, 3.63) is 30.1 Å². The molecule has 0 saturated carbocycles. The van der Waals surface area contributed by atoms with Crippen molar-refractivity contribution in [2.24, 2.45) is 5.92 Å². The molecule has 0 radical (unpaired) electrons. The lowest BCUT2D eigenvalue weighted by Crippen LogP contribution is -2.28. The van der Waals surface area contributed by atoms with Crippen molar-refractivity contribution < 1.29 is 14.1 Å². The van der Waals surface area contributed by atoms with Crippen molar-refractivity contribution >= 4 is 17.5 Å². The average Bonchev–Trinajstić information content (AvgIpc) is 3.22. The summed E-state index contributed by atoms with van der Waals surface area (Å²) in [7, 11) is 0. The van der Waals surface area contributed by atoms with Gasteiger partial charge >= 0.3 is 0 Å². The Balaban J connectivity index is 1.64. The maximum Gasteiger partial charge on any atom is 0.257 e. The highest BCUT2D eigenvalue weighted by molar-refractivity contribution is 5.97. The summed E-state index contributed by atoms with van der Waals surface area (Å²) >= 11 is 0. The minimum Gasteiger partial charge on any atom is -0.342 e. The quantitative estimate of drug-likeness (QED) is 0.902. The van der Waals surface area contributed by atoms with Gasteiger partial charge in [-0.15, -0.1) is 0 Å². The Kier molecular flexibility index (Phi) is 4.83. The third kappa shape index (κ3) is 3.70. The van der Waals surface area contributed by atoms with Crippen molar-refractivity contribution in [1.82, 2.24) is 15.0 Å². The van der Waals surface area contributed by atoms with E-state index in [1.54, 1.807) is 17.0 Å². The molecule has 1 saturated heterocycles. The summed E-state index contributed by atoms with van der Waals surface area (Å²) in [4.78, 5) is 30.1. The molecule has 1 aromatic carbocycles. The summed E-state index contributed by atoms with van der Waals surface area (Å²) in [5, 5.41) is 6.81. The lowest BCUT2D eigenvalue weighted by molar-refractivity contribution is -0.128. The molecule has 0 unspecified atom stereocenters. The molecule has 0 spiro atoms. The molecule has 1 aliphatic rings. The molecule has 132 valence electrons. The van der Waals surface area contributed by atoms with Gasteiger partial charge in [-0.05, 0) is 31.2 Å². The number of hydrogen-bond acceptors (Lipinski definition) is 5. The van der Waals surface area contributed by atoms with E-state index in [2.05, 4.69) is 15.5 Å². The van der Waals surface area contributed by atoms with Crippen LogP contribution in [-0.4, -0.2) is 39.9 Å². The van der Waals surface area contributed by atoms with Gasteiger partial charge in [0.05, 0.1) is 5.92 Å². The van der Waals surface area contributed by atoms with Crippen LogP contribution in [0.25, 0.3) is 11.5 Å². The fraction of sp³-hybridized carbons (Fsp3) is 0.444. The number of benzene rings is 1. The van der Waals surface area contributed by atoms with Gasteiger partial charge in [0.2, 0.25) is 11.8 Å². The summed E-state index contributed by atoms with van der Waals surface area (Å²) in [6, 6.07) is 7.23. The Bertz CT molecular complexity index is 767. The van der Waals surface area contributed by atoms with Crippen LogP contribution in [0, 0.1) is 5.92 Å². The first-order chi connectivity index (χ1) is 12.0. The summed E-state index contributed by atoms with van der Waals surface area (Å²) in [6.07, 6.45) is 0.276. The second kappa shape index (κ2) is 7.04. The van der Waals surface area contributed by atoms with E-state index in [9.17, 15) is 9.59 Å². The minimum absolute atomic E-state index is 0.0374. The highest BCUT2D eigenvalue weighted by atomic mass is 16.5. The highest BCUT2D eigenvalue weighted by Crippen LogP contribution is 2.23. The second-order valence-electron chi connectivity index (χ2n) is 6.51. The van der Waals surface area contributed by atoms with Gasteiger partial charge in [-0.2, -0.15) is 4.98 Å². The van der Waals surface area contributed by atoms with Crippen LogP contribution in [0.5, 0.6) is 0 Å². The summed E-state index contributed by atoms with van der Waals surface area (Å²) in [5.74, 6) is 0.942. The molecule has 1 N–H and O–H groups in total. The van der Waals surface area contributed by atoms with E-state index in [-0.39, 0.29) is 30.1 Å². The van der Waals surface area contributed by atoms with E-state index >= 15 is 0 Å². The molecule has 1 fully saturated rings. The molecule has 1 aromatic heterocycles. The number of likely N-dealkylation sites (tertiary alicyclic amines) is 1. The van der Waals surface area contributed by atoms with Crippen molar-refractivity contribution in [2.45, 2.75) is 33.1 Å². The standard InChI is InChI=1S/C18H22N4O3/c1-4-22-10-13(9-15(22)23)17(24)19-14-7-5-12(6-8-14)18-20-16(11(2)3)21-25-18/h5-8,11,13H,4,9-10H2,1-3H3,(H,19,24)/t13-/m0/s1. The summed E-state index contributed by atoms with van der Waals surface area (Å²) in [5.41, 5.74) is 1.48. The van der Waals surface area contributed by atoms with Crippen molar-refractivity contribution in [3.63, 3.8) is 0 Å². The zero-order chi connectivity index (χ0) is 18.0. The number of rotatable bonds is 5. The first kappa shape index (κ1) is 17.1. The van der Waals surface area contributed by atoms with Crippen molar-refractivity contribution in [2.75, 3.05) is 18.4 Å². The summed E-state index contributed by atoms with van der Waals surface area (Å²) < 4.78 is 5.26. The van der Waals surface area contributed by atoms with Crippen LogP contribution in [0.3, 0.4) is 0 Å². The molecule has 0 bridgehead atoms. The largest absolute Gasteiger partial charge is 0.342 e. The maximum atomic E-state index is 12.3. The van der Waals surface area contributed by atoms with E-state index in [1.807, 2.05) is 32.9 Å². The van der Waals surface area contributed by atoms with Crippen LogP contribution in [-0.2, 0) is 9.59 Å². The monoisotopic (exact) mass is 342 g/mol. The molecule has 2 amide bonds. The van der Waals surface area contributed by atoms with Gasteiger partial charge in [-0.3, -0.25) is 9.59 Å². The van der Waals surface area contributed by atoms with Gasteiger partial charge in [-0.1, -0.05) is 19.0 Å². The predicted octanol–water partition coefficient (Wildman–Crippen LogP) is 2.67. The van der Waals surface area contributed by atoms with Crippen molar-refractivity contribution in [3.8, 4) is 11.5 Å².